The Labute approximate surface area is 744 Å². The number of halogens is 5. The molecule has 0 aliphatic carbocycles. The molecule has 3 saturated heterocycles. The number of hydrogen-bond acceptors (Lipinski definition) is 38. The summed E-state index contributed by atoms with van der Waals surface area (Å²) in [5.41, 5.74) is 4.29. The van der Waals surface area contributed by atoms with Gasteiger partial charge in [0.2, 0.25) is 64.4 Å². The van der Waals surface area contributed by atoms with Gasteiger partial charge in [-0.25, -0.2) is 38.2 Å². The van der Waals surface area contributed by atoms with Crippen molar-refractivity contribution in [2.24, 2.45) is 0 Å². The summed E-state index contributed by atoms with van der Waals surface area (Å²) >= 11 is 0. The minimum atomic E-state index is -2.39. The molecule has 130 heavy (non-hydrogen) atoms. The normalized spacial score (nSPS) is 22.2. The molecule has 3 fully saturated rings. The summed E-state index contributed by atoms with van der Waals surface area (Å²) in [4.78, 5) is 114. The molecule has 3 aliphatic rings. The molecule has 0 saturated carbocycles. The highest BCUT2D eigenvalue weighted by molar-refractivity contribution is 5.81. The third kappa shape index (κ3) is 36.3. The Balaban J connectivity index is 0.876. The molecule has 51 heteroatoms. The van der Waals surface area contributed by atoms with Crippen LogP contribution in [0.25, 0.3) is 0 Å². The number of hydrogen-bond donors (Lipinski definition) is 16. The number of amides is 5. The first kappa shape index (κ1) is 108. The lowest BCUT2D eigenvalue weighted by Gasteiger charge is -2.42. The number of nitrogens with one attached hydrogen (secondary N) is 7. The van der Waals surface area contributed by atoms with Gasteiger partial charge in [-0.3, -0.25) is 48.0 Å². The summed E-state index contributed by atoms with van der Waals surface area (Å²) in [7, 11) is 0. The molecule has 1 aromatic carbocycles. The monoisotopic (exact) mass is 1870 g/mol. The van der Waals surface area contributed by atoms with Crippen LogP contribution < -0.4 is 42.3 Å². The molecule has 734 valence electrons. The van der Waals surface area contributed by atoms with Gasteiger partial charge in [-0.1, -0.05) is 54.2 Å². The second-order valence-corrected chi connectivity index (χ2v) is 31.0. The predicted octanol–water partition coefficient (Wildman–Crippen LogP) is -1.27. The SMILES string of the molecule is CC(=O)N[C@@H]1[C@@H](O)[C@@H](O)[C@@H](CO)O[C@H]1n1cc(COCCOCCOCCNC(=O)CCC(CCC(=O)CCCOCCOCCONc2cn([C@@H]3O[C@H](CO)[C@H](O)[C@H](O)[C@H]3NC(C)=O)nn2)(CCC(=O)CCCOCCOCCONc2cn([C@@H]3O[C@H](CO)[C@H](O)[C@H](O)[C@H]3NC(C)=O)nn2)NC(=O)CCCCCCCCCCC(=O)Oc2c(F)c(F)c(F)c(F)c2F)nn1. The van der Waals surface area contributed by atoms with Crippen molar-refractivity contribution in [3.8, 4) is 5.75 Å². The summed E-state index contributed by atoms with van der Waals surface area (Å²) in [5, 5.41) is 130. The molecular weight excluding hydrogens is 1750 g/mol. The number of ketones is 2. The zero-order chi connectivity index (χ0) is 94.5. The standard InChI is InChI=1S/C79H123F5N16O30/c1-47(104)86-66-72(115)69(112)53(43-101)127-76(66)98-40-50(90-95-98)46-124-35-34-121-33-30-120-27-24-85-58(109)20-23-79(89-59(110)16-10-8-6-4-5-7-9-11-17-60(111)130-75-64(83)62(81)61(80)63(82)65(75)84,21-18-51(107)14-12-25-118-28-31-122-36-38-125-93-56-41-99(96-91-56)77-67(87-48(2)105)73(116)70(113)54(44-102)128-77)22-19-52(108)15-13-26-119-29-32-123-37-39-126-94-57-42-100(97-92-57)78-68(88-49(3)106)74(117)71(114)55(45-103)129-78/h40-42,53-55,66-74,76-78,93-94,101-103,112-117H,4-39,43-46H2,1-3H3,(H,85,109)(H,86,104)(H,87,105)(H,88,106)(H,89,110)/t53-,54-,55-,66-,67-,68-,69+,70+,71+,72-,73-,74-,76-,77-,78-/m1/s1. The smallest absolute Gasteiger partial charge is 0.311 e. The maximum absolute atomic E-state index is 14.2. The van der Waals surface area contributed by atoms with Crippen molar-refractivity contribution >= 4 is 58.7 Å². The Morgan fingerprint density at radius 1 is 0.400 bits per heavy atom. The van der Waals surface area contributed by atoms with Gasteiger partial charge in [0.15, 0.2) is 30.3 Å². The van der Waals surface area contributed by atoms with E-state index in [9.17, 15) is 106 Å². The van der Waals surface area contributed by atoms with Crippen molar-refractivity contribution in [1.82, 2.24) is 71.6 Å². The van der Waals surface area contributed by atoms with Crippen LogP contribution >= 0.6 is 0 Å². The quantitative estimate of drug-likeness (QED) is 0.00466. The summed E-state index contributed by atoms with van der Waals surface area (Å²) in [5.74, 6) is -16.8. The van der Waals surface area contributed by atoms with E-state index >= 15 is 0 Å². The molecule has 3 aromatic heterocycles. The van der Waals surface area contributed by atoms with E-state index in [4.69, 9.17) is 57.0 Å². The number of carbonyl (C=O) groups excluding carboxylic acids is 8. The van der Waals surface area contributed by atoms with Gasteiger partial charge in [0.25, 0.3) is 0 Å². The number of aliphatic hydroxyl groups excluding tert-OH is 9. The third-order valence-corrected chi connectivity index (χ3v) is 20.9. The fourth-order valence-electron chi connectivity index (χ4n) is 14.1. The maximum atomic E-state index is 14.2. The Hall–Kier alpha value is -8.79. The molecule has 6 heterocycles. The first-order valence-electron chi connectivity index (χ1n) is 43.0. The second-order valence-electron chi connectivity index (χ2n) is 31.0. The summed E-state index contributed by atoms with van der Waals surface area (Å²) < 4.78 is 134. The molecule has 3 aliphatic heterocycles. The van der Waals surface area contributed by atoms with Crippen molar-refractivity contribution in [1.29, 1.82) is 0 Å². The highest BCUT2D eigenvalue weighted by Crippen LogP contribution is 2.35. The fraction of sp³-hybridized carbons (Fsp3) is 0.747. The lowest BCUT2D eigenvalue weighted by molar-refractivity contribution is -0.219. The van der Waals surface area contributed by atoms with E-state index < -0.39 is 182 Å². The fourth-order valence-corrected chi connectivity index (χ4v) is 14.1. The first-order chi connectivity index (χ1) is 62.5. The summed E-state index contributed by atoms with van der Waals surface area (Å²) in [6.45, 7) is 3.74. The topological polar surface area (TPSA) is 615 Å². The molecule has 0 unspecified atom stereocenters. The van der Waals surface area contributed by atoms with E-state index in [-0.39, 0.29) is 212 Å². The Kier molecular flexibility index (Phi) is 48.5. The summed E-state index contributed by atoms with van der Waals surface area (Å²) in [6.07, 6.45) is -7.03. The van der Waals surface area contributed by atoms with Gasteiger partial charge in [0.1, 0.15) is 90.3 Å². The highest BCUT2D eigenvalue weighted by Gasteiger charge is 2.49. The number of rotatable bonds is 66. The van der Waals surface area contributed by atoms with Crippen LogP contribution in [-0.2, 0) is 102 Å². The zero-order valence-electron chi connectivity index (χ0n) is 72.7. The highest BCUT2D eigenvalue weighted by atomic mass is 19.2. The number of unbranched alkanes of at least 4 members (excludes halogenated alkanes) is 7. The van der Waals surface area contributed by atoms with E-state index in [0.717, 1.165) is 0 Å². The molecule has 15 atom stereocenters. The predicted molar refractivity (Wildman–Crippen MR) is 434 cm³/mol. The second kappa shape index (κ2) is 58.3. The molecule has 0 bridgehead atoms. The number of aromatic nitrogens is 9. The average Bonchev–Trinajstić information content (AvgIpc) is 1.52. The van der Waals surface area contributed by atoms with E-state index in [0.29, 0.717) is 63.5 Å². The number of ether oxygens (including phenoxy) is 11. The van der Waals surface area contributed by atoms with Gasteiger partial charge in [0, 0.05) is 91.0 Å². The number of anilines is 2. The first-order valence-corrected chi connectivity index (χ1v) is 43.0. The van der Waals surface area contributed by atoms with Crippen molar-refractivity contribution in [3.05, 3.63) is 53.4 Å². The van der Waals surface area contributed by atoms with E-state index in [1.54, 1.807) is 0 Å². The van der Waals surface area contributed by atoms with Crippen LogP contribution in [0, 0.1) is 29.1 Å². The zero-order valence-corrected chi connectivity index (χ0v) is 72.7. The van der Waals surface area contributed by atoms with Crippen LogP contribution in [0.15, 0.2) is 18.6 Å². The van der Waals surface area contributed by atoms with E-state index in [1.165, 1.54) is 53.4 Å². The number of benzene rings is 1. The van der Waals surface area contributed by atoms with Crippen LogP contribution in [0.4, 0.5) is 33.6 Å². The molecule has 5 amide bonds. The Morgan fingerprint density at radius 2 is 0.762 bits per heavy atom. The molecule has 0 spiro atoms. The van der Waals surface area contributed by atoms with Gasteiger partial charge in [-0.15, -0.1) is 15.3 Å². The van der Waals surface area contributed by atoms with Gasteiger partial charge in [-0.05, 0) is 44.9 Å². The van der Waals surface area contributed by atoms with Gasteiger partial charge in [0.05, 0.1) is 131 Å². The number of esters is 1. The van der Waals surface area contributed by atoms with Crippen LogP contribution in [0.5, 0.6) is 5.75 Å². The van der Waals surface area contributed by atoms with Crippen molar-refractivity contribution in [2.45, 2.75) is 253 Å². The lowest BCUT2D eigenvalue weighted by atomic mass is 9.81. The molecule has 4 aromatic rings. The number of carbonyl (C=O) groups is 8. The van der Waals surface area contributed by atoms with Crippen LogP contribution in [-0.4, -0.2) is 342 Å². The Morgan fingerprint density at radius 3 is 1.18 bits per heavy atom. The summed E-state index contributed by atoms with van der Waals surface area (Å²) in [6, 6.07) is -3.41. The number of Topliss-reactive ketones (excluding diaryl/α,β-unsaturated/α-hetero) is 2. The number of aliphatic hydroxyl groups is 9. The van der Waals surface area contributed by atoms with Crippen molar-refractivity contribution < 1.29 is 168 Å². The van der Waals surface area contributed by atoms with Crippen LogP contribution in [0.3, 0.4) is 0 Å². The van der Waals surface area contributed by atoms with Crippen molar-refractivity contribution in [2.75, 3.05) is 136 Å². The molecule has 0 radical (unpaired) electrons. The van der Waals surface area contributed by atoms with Crippen LogP contribution in [0.1, 0.15) is 174 Å². The van der Waals surface area contributed by atoms with Gasteiger partial charge >= 0.3 is 5.97 Å². The molecule has 7 rings (SSSR count). The average molecular weight is 1870 g/mol. The lowest BCUT2D eigenvalue weighted by Crippen LogP contribution is -2.62. The minimum absolute atomic E-state index is 0.0111. The maximum Gasteiger partial charge on any atom is 0.311 e. The third-order valence-electron chi connectivity index (χ3n) is 20.9. The number of nitrogens with zero attached hydrogens (tertiary/aromatic N) is 9. The molecule has 46 nitrogen and oxygen atoms in total. The van der Waals surface area contributed by atoms with Gasteiger partial charge < -0.3 is 125 Å². The van der Waals surface area contributed by atoms with Crippen LogP contribution in [0.2, 0.25) is 0 Å². The van der Waals surface area contributed by atoms with E-state index in [1.807, 2.05) is 0 Å². The van der Waals surface area contributed by atoms with Crippen molar-refractivity contribution in [3.63, 3.8) is 0 Å². The van der Waals surface area contributed by atoms with Gasteiger partial charge in [-0.2, -0.15) is 8.78 Å². The Bertz CT molecular complexity index is 3750. The van der Waals surface area contributed by atoms with E-state index in [2.05, 4.69) is 73.2 Å². The molecular formula is C79H123F5N16O30. The molecule has 16 N–H and O–H groups in total. The largest absolute Gasteiger partial charge is 0.420 e. The minimum Gasteiger partial charge on any atom is -0.420 e.